The van der Waals surface area contributed by atoms with Crippen molar-refractivity contribution in [1.29, 1.82) is 0 Å². The molecule has 2 heteroatoms. The molecule has 0 N–H and O–H groups in total. The second-order valence-electron chi connectivity index (χ2n) is 12.9. The Kier molecular flexibility index (Phi) is 20.6. The van der Waals surface area contributed by atoms with Gasteiger partial charge < -0.3 is 4.74 Å². The van der Waals surface area contributed by atoms with E-state index in [1.165, 1.54) is 62.5 Å². The van der Waals surface area contributed by atoms with Crippen LogP contribution in [0.5, 0.6) is 0 Å². The smallest absolute Gasteiger partial charge is 0.306 e. The normalized spacial score (nSPS) is 20.2. The van der Waals surface area contributed by atoms with Crippen molar-refractivity contribution in [2.45, 2.75) is 151 Å². The first-order valence-corrected chi connectivity index (χ1v) is 16.7. The molecule has 0 aromatic rings. The molecule has 228 valence electrons. The van der Waals surface area contributed by atoms with Crippen molar-refractivity contribution < 1.29 is 9.53 Å². The highest BCUT2D eigenvalue weighted by Crippen LogP contribution is 2.46. The summed E-state index contributed by atoms with van der Waals surface area (Å²) < 4.78 is 5.45. The molecule has 0 radical (unpaired) electrons. The van der Waals surface area contributed by atoms with Gasteiger partial charge >= 0.3 is 5.97 Å². The Morgan fingerprint density at radius 2 is 1.45 bits per heavy atom. The maximum absolute atomic E-state index is 12.1. The van der Waals surface area contributed by atoms with Gasteiger partial charge in [0, 0.05) is 6.42 Å². The lowest BCUT2D eigenvalue weighted by atomic mass is 9.62. The number of rotatable bonds is 21. The molecule has 2 nitrogen and oxygen atoms in total. The van der Waals surface area contributed by atoms with Gasteiger partial charge in [0.05, 0.1) is 0 Å². The van der Waals surface area contributed by atoms with E-state index in [9.17, 15) is 4.79 Å². The third-order valence-electron chi connectivity index (χ3n) is 8.76. The molecule has 1 aliphatic carbocycles. The molecule has 0 spiro atoms. The molecule has 1 aliphatic rings. The molecule has 0 heterocycles. The van der Waals surface area contributed by atoms with Crippen molar-refractivity contribution in [3.8, 4) is 0 Å². The van der Waals surface area contributed by atoms with E-state index in [0.717, 1.165) is 63.2 Å². The zero-order valence-corrected chi connectivity index (χ0v) is 27.3. The van der Waals surface area contributed by atoms with Gasteiger partial charge in [-0.25, -0.2) is 0 Å². The molecule has 1 rings (SSSR count). The van der Waals surface area contributed by atoms with E-state index in [-0.39, 0.29) is 5.97 Å². The number of esters is 1. The molecule has 0 bridgehead atoms. The summed E-state index contributed by atoms with van der Waals surface area (Å²) in [5.41, 5.74) is 3.34. The third-order valence-corrected chi connectivity index (χ3v) is 8.76. The minimum absolute atomic E-state index is 0.0548. The highest BCUT2D eigenvalue weighted by Gasteiger charge is 2.36. The van der Waals surface area contributed by atoms with Crippen LogP contribution in [-0.2, 0) is 9.53 Å². The summed E-state index contributed by atoms with van der Waals surface area (Å²) in [5, 5.41) is 0. The van der Waals surface area contributed by atoms with E-state index in [4.69, 9.17) is 4.74 Å². The van der Waals surface area contributed by atoms with Crippen molar-refractivity contribution in [2.75, 3.05) is 6.61 Å². The molecule has 0 saturated heterocycles. The Hall–Kier alpha value is -1.83. The lowest BCUT2D eigenvalue weighted by Gasteiger charge is -2.43. The van der Waals surface area contributed by atoms with Gasteiger partial charge in [0.25, 0.3) is 0 Å². The van der Waals surface area contributed by atoms with Crippen LogP contribution in [0.15, 0.2) is 59.8 Å². The minimum Gasteiger partial charge on any atom is -0.461 e. The quantitative estimate of drug-likeness (QED) is 0.0804. The van der Waals surface area contributed by atoms with Crippen LogP contribution >= 0.6 is 0 Å². The number of hydrogen-bond donors (Lipinski definition) is 0. The van der Waals surface area contributed by atoms with Crippen LogP contribution in [0.3, 0.4) is 0 Å². The molecule has 1 fully saturated rings. The molecular formula is C38H64O2. The van der Waals surface area contributed by atoms with Gasteiger partial charge in [-0.1, -0.05) is 113 Å². The molecule has 0 amide bonds. The Morgan fingerprint density at radius 3 is 2.17 bits per heavy atom. The highest BCUT2D eigenvalue weighted by atomic mass is 16.5. The zero-order valence-electron chi connectivity index (χ0n) is 27.3. The van der Waals surface area contributed by atoms with Crippen LogP contribution in [0.2, 0.25) is 0 Å². The van der Waals surface area contributed by atoms with Gasteiger partial charge in [0.1, 0.15) is 6.61 Å². The highest BCUT2D eigenvalue weighted by molar-refractivity contribution is 5.69. The van der Waals surface area contributed by atoms with Crippen LogP contribution in [0.4, 0.5) is 0 Å². The fraction of sp³-hybridized carbons (Fsp3) is 0.711. The Labute approximate surface area is 249 Å². The van der Waals surface area contributed by atoms with Gasteiger partial charge in [-0.2, -0.15) is 0 Å². The summed E-state index contributed by atoms with van der Waals surface area (Å²) in [6, 6.07) is 0. The molecule has 2 atom stereocenters. The monoisotopic (exact) mass is 552 g/mol. The van der Waals surface area contributed by atoms with Crippen LogP contribution in [0, 0.1) is 17.3 Å². The summed E-state index contributed by atoms with van der Waals surface area (Å²) in [7, 11) is 0. The second kappa shape index (κ2) is 22.8. The average molecular weight is 553 g/mol. The number of ether oxygens (including phenoxy) is 1. The third kappa shape index (κ3) is 18.5. The van der Waals surface area contributed by atoms with Crippen LogP contribution in [0.1, 0.15) is 151 Å². The maximum atomic E-state index is 12.1. The van der Waals surface area contributed by atoms with Crippen LogP contribution < -0.4 is 0 Å². The molecule has 2 unspecified atom stereocenters. The molecule has 0 aromatic heterocycles. The molecule has 0 aromatic carbocycles. The predicted molar refractivity (Wildman–Crippen MR) is 176 cm³/mol. The van der Waals surface area contributed by atoms with Crippen LogP contribution in [-0.4, -0.2) is 12.6 Å². The van der Waals surface area contributed by atoms with E-state index in [0.29, 0.717) is 18.4 Å². The van der Waals surface area contributed by atoms with Crippen molar-refractivity contribution in [3.05, 3.63) is 59.8 Å². The molecule has 1 saturated carbocycles. The summed E-state index contributed by atoms with van der Waals surface area (Å²) in [6.45, 7) is 14.4. The first kappa shape index (κ1) is 36.2. The predicted octanol–water partition coefficient (Wildman–Crippen LogP) is 12.0. The average Bonchev–Trinajstić information content (AvgIpc) is 2.90. The fourth-order valence-electron chi connectivity index (χ4n) is 6.08. The van der Waals surface area contributed by atoms with Gasteiger partial charge in [0.2, 0.25) is 0 Å². The summed E-state index contributed by atoms with van der Waals surface area (Å²) in [6.07, 6.45) is 37.5. The number of carbonyl (C=O) groups excluding carboxylic acids is 1. The largest absolute Gasteiger partial charge is 0.461 e. The van der Waals surface area contributed by atoms with E-state index >= 15 is 0 Å². The molecular weight excluding hydrogens is 488 g/mol. The van der Waals surface area contributed by atoms with Gasteiger partial charge in [0.15, 0.2) is 0 Å². The van der Waals surface area contributed by atoms with E-state index in [2.05, 4.69) is 90.2 Å². The van der Waals surface area contributed by atoms with Crippen LogP contribution in [0.25, 0.3) is 0 Å². The van der Waals surface area contributed by atoms with Gasteiger partial charge in [-0.3, -0.25) is 4.79 Å². The Balaban J connectivity index is 2.04. The lowest BCUT2D eigenvalue weighted by Crippen LogP contribution is -2.33. The second-order valence-corrected chi connectivity index (χ2v) is 12.9. The number of unbranched alkanes of at least 4 members (excludes halogenated alkanes) is 5. The Bertz CT molecular complexity index is 807. The first-order valence-electron chi connectivity index (χ1n) is 16.7. The van der Waals surface area contributed by atoms with Gasteiger partial charge in [-0.05, 0) is 108 Å². The molecule has 40 heavy (non-hydrogen) atoms. The van der Waals surface area contributed by atoms with E-state index in [1.54, 1.807) is 0 Å². The summed E-state index contributed by atoms with van der Waals surface area (Å²) >= 11 is 0. The summed E-state index contributed by atoms with van der Waals surface area (Å²) in [4.78, 5) is 12.1. The Morgan fingerprint density at radius 1 is 0.800 bits per heavy atom. The number of carbonyl (C=O) groups is 1. The number of hydrogen-bond acceptors (Lipinski definition) is 2. The number of allylic oxidation sites excluding steroid dienone is 9. The first-order chi connectivity index (χ1) is 19.3. The van der Waals surface area contributed by atoms with Crippen molar-refractivity contribution >= 4 is 5.97 Å². The fourth-order valence-corrected chi connectivity index (χ4v) is 6.08. The van der Waals surface area contributed by atoms with E-state index in [1.807, 2.05) is 0 Å². The van der Waals surface area contributed by atoms with Crippen molar-refractivity contribution in [3.63, 3.8) is 0 Å². The maximum Gasteiger partial charge on any atom is 0.306 e. The van der Waals surface area contributed by atoms with Crippen molar-refractivity contribution in [2.24, 2.45) is 17.3 Å². The standard InChI is InChI=1S/C38H64O2/c1-7-8-9-10-11-12-13-14-15-16-17-18-19-20-21-27-37(39)40-32-30-34(3)25-22-24-33(2)28-29-36-35(4)26-23-31-38(36,5)6/h8-9,11-12,14-15,24,30,35-36H,7,10,13,16-23,25-29,31-32H2,1-6H3. The topological polar surface area (TPSA) is 26.3 Å². The van der Waals surface area contributed by atoms with Crippen molar-refractivity contribution in [1.82, 2.24) is 0 Å². The summed E-state index contributed by atoms with van der Waals surface area (Å²) in [5.74, 6) is 1.66. The molecule has 0 aliphatic heterocycles. The van der Waals surface area contributed by atoms with Gasteiger partial charge in [-0.15, -0.1) is 0 Å². The minimum atomic E-state index is -0.0548. The zero-order chi connectivity index (χ0) is 29.5. The SMILES string of the molecule is CCC=CCC=CCC=CCCCCCCCC(=O)OCC=C(C)CCC=C(C)CCC1C(C)CCCC1(C)C. The van der Waals surface area contributed by atoms with E-state index < -0.39 is 0 Å². The lowest BCUT2D eigenvalue weighted by molar-refractivity contribution is -0.142.